The number of hydrazine groups is 1. The lowest BCUT2D eigenvalue weighted by atomic mass is 10.2. The van der Waals surface area contributed by atoms with Crippen LogP contribution in [0.3, 0.4) is 0 Å². The largest absolute Gasteiger partial charge is 0.493 e. The molecule has 0 aliphatic heterocycles. The summed E-state index contributed by atoms with van der Waals surface area (Å²) in [4.78, 5) is 19.3. The predicted molar refractivity (Wildman–Crippen MR) is 81.0 cm³/mol. The standard InChI is InChI=1S/C12H15N5O3.ClH/c1-6-14-8-5-10(20-3)9(19-2)4-7(8)11(15-6)16-17-12(13)18;/h4-5H,1-3H3,(H3,13,17,18)(H,14,15,16);1H. The second kappa shape index (κ2) is 6.80. The fourth-order valence-electron chi connectivity index (χ4n) is 1.79. The molecule has 0 saturated carbocycles. The minimum Gasteiger partial charge on any atom is -0.493 e. The van der Waals surface area contributed by atoms with Crippen molar-refractivity contribution in [2.24, 2.45) is 5.73 Å². The number of ether oxygens (including phenoxy) is 2. The van der Waals surface area contributed by atoms with E-state index in [0.29, 0.717) is 34.0 Å². The number of halogens is 1. The second-order valence-corrected chi connectivity index (χ2v) is 3.96. The Morgan fingerprint density at radius 1 is 1.19 bits per heavy atom. The molecule has 1 aromatic carbocycles. The maximum atomic E-state index is 10.8. The summed E-state index contributed by atoms with van der Waals surface area (Å²) in [5, 5.41) is 0.669. The lowest BCUT2D eigenvalue weighted by Crippen LogP contribution is -2.34. The Kier molecular flexibility index (Phi) is 5.37. The average Bonchev–Trinajstić information content (AvgIpc) is 2.42. The quantitative estimate of drug-likeness (QED) is 0.735. The molecule has 0 radical (unpaired) electrons. The van der Waals surface area contributed by atoms with Crippen LogP contribution >= 0.6 is 12.4 Å². The van der Waals surface area contributed by atoms with Gasteiger partial charge in [0.05, 0.1) is 19.7 Å². The molecule has 2 rings (SSSR count). The van der Waals surface area contributed by atoms with E-state index in [2.05, 4.69) is 20.8 Å². The molecule has 114 valence electrons. The van der Waals surface area contributed by atoms with Gasteiger partial charge >= 0.3 is 6.03 Å². The molecule has 4 N–H and O–H groups in total. The van der Waals surface area contributed by atoms with Gasteiger partial charge in [0.25, 0.3) is 0 Å². The maximum absolute atomic E-state index is 10.8. The van der Waals surface area contributed by atoms with Crippen LogP contribution < -0.4 is 26.1 Å². The Bertz CT molecular complexity index is 665. The fourth-order valence-corrected chi connectivity index (χ4v) is 1.79. The van der Waals surface area contributed by atoms with Crippen molar-refractivity contribution in [1.82, 2.24) is 15.4 Å². The first-order chi connectivity index (χ1) is 9.55. The number of nitrogens with two attached hydrogens (primary N) is 1. The first-order valence-electron chi connectivity index (χ1n) is 5.77. The number of urea groups is 1. The number of anilines is 1. The molecule has 0 saturated heterocycles. The first-order valence-corrected chi connectivity index (χ1v) is 5.77. The molecule has 0 bridgehead atoms. The summed E-state index contributed by atoms with van der Waals surface area (Å²) in [5.74, 6) is 2.06. The van der Waals surface area contributed by atoms with Crippen LogP contribution in [-0.2, 0) is 0 Å². The number of primary amides is 1. The van der Waals surface area contributed by atoms with Gasteiger partial charge in [0.2, 0.25) is 0 Å². The highest BCUT2D eigenvalue weighted by Gasteiger charge is 2.12. The molecule has 1 heterocycles. The van der Waals surface area contributed by atoms with Gasteiger partial charge in [-0.1, -0.05) is 0 Å². The Morgan fingerprint density at radius 3 is 2.38 bits per heavy atom. The van der Waals surface area contributed by atoms with E-state index in [1.54, 1.807) is 26.2 Å². The van der Waals surface area contributed by atoms with Crippen molar-refractivity contribution in [1.29, 1.82) is 0 Å². The summed E-state index contributed by atoms with van der Waals surface area (Å²) >= 11 is 0. The number of methoxy groups -OCH3 is 2. The minimum absolute atomic E-state index is 0. The van der Waals surface area contributed by atoms with Crippen molar-refractivity contribution in [2.75, 3.05) is 19.6 Å². The fraction of sp³-hybridized carbons (Fsp3) is 0.250. The van der Waals surface area contributed by atoms with E-state index in [4.69, 9.17) is 15.2 Å². The Hall–Kier alpha value is -2.48. The number of carbonyl (C=O) groups excluding carboxylic acids is 1. The van der Waals surface area contributed by atoms with Crippen molar-refractivity contribution in [3.05, 3.63) is 18.0 Å². The summed E-state index contributed by atoms with van der Waals surface area (Å²) in [6.07, 6.45) is 0. The van der Waals surface area contributed by atoms with Crippen LogP contribution in [0.25, 0.3) is 10.9 Å². The van der Waals surface area contributed by atoms with E-state index in [9.17, 15) is 4.79 Å². The normalized spacial score (nSPS) is 9.67. The van der Waals surface area contributed by atoms with Crippen LogP contribution in [0.15, 0.2) is 12.1 Å². The van der Waals surface area contributed by atoms with Crippen LogP contribution in [0.1, 0.15) is 5.82 Å². The third kappa shape index (κ3) is 3.54. The van der Waals surface area contributed by atoms with E-state index in [1.807, 2.05) is 0 Å². The average molecular weight is 314 g/mol. The van der Waals surface area contributed by atoms with Crippen molar-refractivity contribution in [3.63, 3.8) is 0 Å². The van der Waals surface area contributed by atoms with Gasteiger partial charge in [-0.2, -0.15) is 0 Å². The Balaban J connectivity index is 0.00000220. The molecule has 0 aliphatic carbocycles. The number of rotatable bonds is 4. The minimum atomic E-state index is -0.713. The zero-order chi connectivity index (χ0) is 14.7. The second-order valence-electron chi connectivity index (χ2n) is 3.96. The molecular formula is C12H16ClN5O3. The molecule has 1 aromatic heterocycles. The van der Waals surface area contributed by atoms with Crippen LogP contribution in [0.5, 0.6) is 11.5 Å². The van der Waals surface area contributed by atoms with Gasteiger partial charge in [-0.25, -0.2) is 14.8 Å². The molecular weight excluding hydrogens is 298 g/mol. The summed E-state index contributed by atoms with van der Waals surface area (Å²) in [6.45, 7) is 1.74. The van der Waals surface area contributed by atoms with Crippen molar-refractivity contribution >= 4 is 35.2 Å². The number of carbonyl (C=O) groups is 1. The number of aryl methyl sites for hydroxylation is 1. The smallest absolute Gasteiger partial charge is 0.330 e. The molecule has 9 heteroatoms. The molecule has 2 amide bonds. The molecule has 21 heavy (non-hydrogen) atoms. The van der Waals surface area contributed by atoms with E-state index in [-0.39, 0.29) is 12.4 Å². The molecule has 0 spiro atoms. The Labute approximate surface area is 127 Å². The van der Waals surface area contributed by atoms with Gasteiger partial charge < -0.3 is 15.2 Å². The number of nitrogens with one attached hydrogen (secondary N) is 2. The molecule has 0 unspecified atom stereocenters. The first kappa shape index (κ1) is 16.6. The number of aromatic nitrogens is 2. The highest BCUT2D eigenvalue weighted by Crippen LogP contribution is 2.33. The van der Waals surface area contributed by atoms with Gasteiger partial charge in [0, 0.05) is 11.5 Å². The van der Waals surface area contributed by atoms with E-state index in [0.717, 1.165) is 0 Å². The maximum Gasteiger partial charge on any atom is 0.330 e. The number of nitrogens with zero attached hydrogens (tertiary/aromatic N) is 2. The summed E-state index contributed by atoms with van der Waals surface area (Å²) in [5.41, 5.74) is 10.6. The number of amides is 2. The topological polar surface area (TPSA) is 111 Å². The van der Waals surface area contributed by atoms with E-state index >= 15 is 0 Å². The zero-order valence-corrected chi connectivity index (χ0v) is 12.6. The van der Waals surface area contributed by atoms with Gasteiger partial charge in [-0.15, -0.1) is 12.4 Å². The van der Waals surface area contributed by atoms with Crippen molar-refractivity contribution in [3.8, 4) is 11.5 Å². The van der Waals surface area contributed by atoms with Gasteiger partial charge in [0.15, 0.2) is 17.3 Å². The van der Waals surface area contributed by atoms with Crippen molar-refractivity contribution < 1.29 is 14.3 Å². The molecule has 8 nitrogen and oxygen atoms in total. The highest BCUT2D eigenvalue weighted by atomic mass is 35.5. The monoisotopic (exact) mass is 313 g/mol. The van der Waals surface area contributed by atoms with Crippen LogP contribution in [-0.4, -0.2) is 30.2 Å². The lowest BCUT2D eigenvalue weighted by molar-refractivity contribution is 0.250. The highest BCUT2D eigenvalue weighted by molar-refractivity contribution is 5.92. The van der Waals surface area contributed by atoms with Crippen LogP contribution in [0.4, 0.5) is 10.6 Å². The van der Waals surface area contributed by atoms with Crippen LogP contribution in [0, 0.1) is 6.92 Å². The number of hydrogen-bond donors (Lipinski definition) is 3. The number of benzene rings is 1. The molecule has 0 aliphatic rings. The van der Waals surface area contributed by atoms with Crippen LogP contribution in [0.2, 0.25) is 0 Å². The third-order valence-corrected chi connectivity index (χ3v) is 2.62. The number of hydrogen-bond acceptors (Lipinski definition) is 6. The van der Waals surface area contributed by atoms with E-state index < -0.39 is 6.03 Å². The molecule has 0 fully saturated rings. The van der Waals surface area contributed by atoms with Gasteiger partial charge in [0.1, 0.15) is 5.82 Å². The van der Waals surface area contributed by atoms with Crippen molar-refractivity contribution in [2.45, 2.75) is 6.92 Å². The molecule has 2 aromatic rings. The summed E-state index contributed by atoms with van der Waals surface area (Å²) in [6, 6.07) is 2.74. The number of fused-ring (bicyclic) bond motifs is 1. The molecule has 0 atom stereocenters. The van der Waals surface area contributed by atoms with Gasteiger partial charge in [-0.3, -0.25) is 10.9 Å². The van der Waals surface area contributed by atoms with E-state index in [1.165, 1.54) is 7.11 Å². The lowest BCUT2D eigenvalue weighted by Gasteiger charge is -2.12. The zero-order valence-electron chi connectivity index (χ0n) is 11.8. The summed E-state index contributed by atoms with van der Waals surface area (Å²) in [7, 11) is 3.08. The summed E-state index contributed by atoms with van der Waals surface area (Å²) < 4.78 is 10.5. The van der Waals surface area contributed by atoms with Gasteiger partial charge in [-0.05, 0) is 13.0 Å². The third-order valence-electron chi connectivity index (χ3n) is 2.62. The predicted octanol–water partition coefficient (Wildman–Crippen LogP) is 1.37. The Morgan fingerprint density at radius 2 is 1.81 bits per heavy atom. The SMILES string of the molecule is COc1cc2nc(C)nc(NNC(N)=O)c2cc1OC.Cl.